The van der Waals surface area contributed by atoms with Crippen molar-refractivity contribution in [2.75, 3.05) is 26.0 Å². The van der Waals surface area contributed by atoms with E-state index in [9.17, 15) is 4.79 Å². The van der Waals surface area contributed by atoms with Crippen LogP contribution < -0.4 is 5.32 Å². The highest BCUT2D eigenvalue weighted by atomic mass is 35.5. The average molecular weight is 255 g/mol. The fraction of sp³-hybridized carbons (Fsp3) is 0.462. The van der Waals surface area contributed by atoms with Crippen LogP contribution in [0.15, 0.2) is 18.2 Å². The predicted octanol–water partition coefficient (Wildman–Crippen LogP) is 3.25. The summed E-state index contributed by atoms with van der Waals surface area (Å²) in [6.45, 7) is 2.88. The van der Waals surface area contributed by atoms with Gasteiger partial charge < -0.3 is 10.2 Å². The Morgan fingerprint density at radius 2 is 2.18 bits per heavy atom. The molecule has 1 rings (SSSR count). The Morgan fingerprint density at radius 1 is 1.47 bits per heavy atom. The van der Waals surface area contributed by atoms with Crippen molar-refractivity contribution in [1.82, 2.24) is 4.90 Å². The molecular weight excluding hydrogens is 236 g/mol. The summed E-state index contributed by atoms with van der Waals surface area (Å²) in [5, 5.41) is 3.59. The molecule has 1 N–H and O–H groups in total. The SMILES string of the molecule is CCCCN(C)C(=O)c1cc(Cl)ccc1NC. The lowest BCUT2D eigenvalue weighted by Crippen LogP contribution is -2.28. The number of benzene rings is 1. The molecule has 0 aliphatic carbocycles. The Balaban J connectivity index is 2.90. The minimum Gasteiger partial charge on any atom is -0.387 e. The third-order valence-corrected chi connectivity index (χ3v) is 2.91. The van der Waals surface area contributed by atoms with Crippen LogP contribution in [-0.4, -0.2) is 31.4 Å². The largest absolute Gasteiger partial charge is 0.387 e. The topological polar surface area (TPSA) is 32.3 Å². The minimum absolute atomic E-state index is 0.00491. The van der Waals surface area contributed by atoms with E-state index < -0.39 is 0 Å². The Kier molecular flexibility index (Phi) is 5.29. The second kappa shape index (κ2) is 6.50. The van der Waals surface area contributed by atoms with E-state index in [2.05, 4.69) is 12.2 Å². The van der Waals surface area contributed by atoms with Crippen LogP contribution in [0.3, 0.4) is 0 Å². The molecule has 0 spiro atoms. The zero-order chi connectivity index (χ0) is 12.8. The molecular formula is C13H19ClN2O. The molecule has 0 saturated carbocycles. The van der Waals surface area contributed by atoms with E-state index in [4.69, 9.17) is 11.6 Å². The van der Waals surface area contributed by atoms with Crippen LogP contribution in [-0.2, 0) is 0 Å². The first kappa shape index (κ1) is 13.8. The molecule has 0 atom stereocenters. The quantitative estimate of drug-likeness (QED) is 0.875. The van der Waals surface area contributed by atoms with Crippen molar-refractivity contribution in [2.45, 2.75) is 19.8 Å². The van der Waals surface area contributed by atoms with Gasteiger partial charge in [0.25, 0.3) is 5.91 Å². The van der Waals surface area contributed by atoms with E-state index in [1.165, 1.54) is 0 Å². The van der Waals surface area contributed by atoms with E-state index in [-0.39, 0.29) is 5.91 Å². The lowest BCUT2D eigenvalue weighted by Gasteiger charge is -2.18. The number of unbranched alkanes of at least 4 members (excludes halogenated alkanes) is 1. The molecule has 0 bridgehead atoms. The molecule has 0 aliphatic heterocycles. The van der Waals surface area contributed by atoms with Crippen LogP contribution in [0.5, 0.6) is 0 Å². The summed E-state index contributed by atoms with van der Waals surface area (Å²) < 4.78 is 0. The highest BCUT2D eigenvalue weighted by Gasteiger charge is 2.15. The Bertz CT molecular complexity index is 393. The molecule has 94 valence electrons. The molecule has 0 fully saturated rings. The summed E-state index contributed by atoms with van der Waals surface area (Å²) in [6, 6.07) is 5.30. The van der Waals surface area contributed by atoms with Gasteiger partial charge in [0.1, 0.15) is 0 Å². The lowest BCUT2D eigenvalue weighted by molar-refractivity contribution is 0.0794. The summed E-state index contributed by atoms with van der Waals surface area (Å²) >= 11 is 5.93. The van der Waals surface area contributed by atoms with Crippen molar-refractivity contribution in [3.63, 3.8) is 0 Å². The molecule has 0 aliphatic rings. The van der Waals surface area contributed by atoms with Gasteiger partial charge in [0.2, 0.25) is 0 Å². The molecule has 1 aromatic rings. The summed E-state index contributed by atoms with van der Waals surface area (Å²) in [4.78, 5) is 13.9. The van der Waals surface area contributed by atoms with Crippen molar-refractivity contribution in [2.24, 2.45) is 0 Å². The molecule has 0 aromatic heterocycles. The van der Waals surface area contributed by atoms with Crippen LogP contribution in [0.2, 0.25) is 5.02 Å². The second-order valence-corrected chi connectivity index (χ2v) is 4.46. The second-order valence-electron chi connectivity index (χ2n) is 4.02. The number of hydrogen-bond donors (Lipinski definition) is 1. The van der Waals surface area contributed by atoms with Gasteiger partial charge in [-0.15, -0.1) is 0 Å². The summed E-state index contributed by atoms with van der Waals surface area (Å²) in [5.74, 6) is 0.00491. The number of amides is 1. The molecule has 4 heteroatoms. The van der Waals surface area contributed by atoms with Gasteiger partial charge in [0.15, 0.2) is 0 Å². The van der Waals surface area contributed by atoms with Gasteiger partial charge in [0, 0.05) is 31.4 Å². The van der Waals surface area contributed by atoms with Gasteiger partial charge in [-0.25, -0.2) is 0 Å². The maximum atomic E-state index is 12.2. The van der Waals surface area contributed by atoms with Crippen LogP contribution in [0.1, 0.15) is 30.1 Å². The maximum absolute atomic E-state index is 12.2. The van der Waals surface area contributed by atoms with E-state index >= 15 is 0 Å². The molecule has 0 radical (unpaired) electrons. The molecule has 1 aromatic carbocycles. The van der Waals surface area contributed by atoms with Crippen molar-refractivity contribution < 1.29 is 4.79 Å². The Morgan fingerprint density at radius 3 is 2.76 bits per heavy atom. The van der Waals surface area contributed by atoms with E-state index in [0.29, 0.717) is 10.6 Å². The van der Waals surface area contributed by atoms with Gasteiger partial charge >= 0.3 is 0 Å². The third kappa shape index (κ3) is 3.63. The third-order valence-electron chi connectivity index (χ3n) is 2.68. The van der Waals surface area contributed by atoms with Crippen LogP contribution >= 0.6 is 11.6 Å². The molecule has 3 nitrogen and oxygen atoms in total. The number of rotatable bonds is 5. The van der Waals surface area contributed by atoms with E-state index in [1.807, 2.05) is 13.1 Å². The highest BCUT2D eigenvalue weighted by Crippen LogP contribution is 2.21. The predicted molar refractivity (Wildman–Crippen MR) is 72.9 cm³/mol. The van der Waals surface area contributed by atoms with Crippen molar-refractivity contribution in [3.8, 4) is 0 Å². The van der Waals surface area contributed by atoms with Crippen molar-refractivity contribution in [1.29, 1.82) is 0 Å². The smallest absolute Gasteiger partial charge is 0.255 e. The fourth-order valence-corrected chi connectivity index (χ4v) is 1.79. The van der Waals surface area contributed by atoms with E-state index in [1.54, 1.807) is 24.1 Å². The van der Waals surface area contributed by atoms with Crippen LogP contribution in [0, 0.1) is 0 Å². The first-order chi connectivity index (χ1) is 8.10. The van der Waals surface area contributed by atoms with E-state index in [0.717, 1.165) is 25.1 Å². The maximum Gasteiger partial charge on any atom is 0.255 e. The molecule has 0 unspecified atom stereocenters. The number of carbonyl (C=O) groups excluding carboxylic acids is 1. The molecule has 0 saturated heterocycles. The van der Waals surface area contributed by atoms with Crippen LogP contribution in [0.4, 0.5) is 5.69 Å². The standard InChI is InChI=1S/C13H19ClN2O/c1-4-5-8-16(3)13(17)11-9-10(14)6-7-12(11)15-2/h6-7,9,15H,4-5,8H2,1-3H3. The molecule has 17 heavy (non-hydrogen) atoms. The summed E-state index contributed by atoms with van der Waals surface area (Å²) in [7, 11) is 3.62. The fourth-order valence-electron chi connectivity index (χ4n) is 1.61. The zero-order valence-corrected chi connectivity index (χ0v) is 11.3. The number of halogens is 1. The van der Waals surface area contributed by atoms with Gasteiger partial charge in [0.05, 0.1) is 5.56 Å². The van der Waals surface area contributed by atoms with Gasteiger partial charge in [-0.1, -0.05) is 24.9 Å². The highest BCUT2D eigenvalue weighted by molar-refractivity contribution is 6.31. The normalized spacial score (nSPS) is 10.1. The van der Waals surface area contributed by atoms with Crippen molar-refractivity contribution >= 4 is 23.2 Å². The van der Waals surface area contributed by atoms with Crippen molar-refractivity contribution in [3.05, 3.63) is 28.8 Å². The Hall–Kier alpha value is -1.22. The molecule has 0 heterocycles. The first-order valence-electron chi connectivity index (χ1n) is 5.83. The zero-order valence-electron chi connectivity index (χ0n) is 10.6. The summed E-state index contributed by atoms with van der Waals surface area (Å²) in [6.07, 6.45) is 2.09. The van der Waals surface area contributed by atoms with Gasteiger partial charge in [-0.05, 0) is 24.6 Å². The minimum atomic E-state index is 0.00491. The summed E-state index contributed by atoms with van der Waals surface area (Å²) in [5.41, 5.74) is 1.43. The van der Waals surface area contributed by atoms with Crippen LogP contribution in [0.25, 0.3) is 0 Å². The average Bonchev–Trinajstić information content (AvgIpc) is 2.34. The first-order valence-corrected chi connectivity index (χ1v) is 6.20. The number of nitrogens with one attached hydrogen (secondary N) is 1. The lowest BCUT2D eigenvalue weighted by atomic mass is 10.1. The number of hydrogen-bond acceptors (Lipinski definition) is 2. The monoisotopic (exact) mass is 254 g/mol. The number of nitrogens with zero attached hydrogens (tertiary/aromatic N) is 1. The van der Waals surface area contributed by atoms with Gasteiger partial charge in [-0.2, -0.15) is 0 Å². The van der Waals surface area contributed by atoms with Gasteiger partial charge in [-0.3, -0.25) is 4.79 Å². The number of anilines is 1. The Labute approximate surface area is 108 Å². The molecule has 1 amide bonds. The number of carbonyl (C=O) groups is 1.